The van der Waals surface area contributed by atoms with Gasteiger partial charge < -0.3 is 9.66 Å². The van der Waals surface area contributed by atoms with Gasteiger partial charge in [-0.1, -0.05) is 42.5 Å². The number of carboxylic acid groups (broad SMARTS) is 1. The largest absolute Gasteiger partial charge is 0.755 e. The first-order valence-electron chi connectivity index (χ1n) is 10.4. The van der Waals surface area contributed by atoms with E-state index in [1.165, 1.54) is 29.6 Å². The summed E-state index contributed by atoms with van der Waals surface area (Å²) in [5.41, 5.74) is 2.30. The zero-order valence-corrected chi connectivity index (χ0v) is 20.7. The van der Waals surface area contributed by atoms with E-state index >= 15 is 0 Å². The van der Waals surface area contributed by atoms with Gasteiger partial charge >= 0.3 is 5.97 Å². The number of thiophene rings is 1. The molecule has 4 rings (SSSR count). The van der Waals surface area contributed by atoms with Crippen molar-refractivity contribution in [2.75, 3.05) is 4.31 Å². The minimum absolute atomic E-state index is 0.0219. The number of aromatic carboxylic acids is 1. The van der Waals surface area contributed by atoms with Gasteiger partial charge in [-0.25, -0.2) is 13.2 Å². The Balaban J connectivity index is 1.58. The van der Waals surface area contributed by atoms with Crippen LogP contribution in [0, 0.1) is 0 Å². The normalized spacial score (nSPS) is 12.3. The fourth-order valence-electron chi connectivity index (χ4n) is 3.56. The van der Waals surface area contributed by atoms with Crippen LogP contribution in [0.25, 0.3) is 0 Å². The minimum atomic E-state index is -3.78. The van der Waals surface area contributed by atoms with Crippen LogP contribution in [0.4, 0.5) is 10.7 Å². The Kier molecular flexibility index (Phi) is 7.46. The van der Waals surface area contributed by atoms with Crippen LogP contribution < -0.4 is 4.31 Å². The highest BCUT2D eigenvalue weighted by molar-refractivity contribution is 7.91. The molecule has 4 aromatic rings. The van der Waals surface area contributed by atoms with Crippen molar-refractivity contribution in [1.82, 2.24) is 0 Å². The number of carboxylic acids is 1. The van der Waals surface area contributed by atoms with Gasteiger partial charge in [-0.3, -0.25) is 8.51 Å². The molecule has 0 fully saturated rings. The standard InChI is InChI=1S/C25H21NO6S3/c27-25(28)20-8-4-6-18(14-20)12-13-19-7-5-9-21(15-19)26(34(29)30)24-16-23(17-33-24)35(31,32)22-10-2-1-3-11-22/h1-11,14-17H,12-13H2,(H,27,28)(H,29,30)/p-1. The number of carbonyl (C=O) groups is 1. The number of rotatable bonds is 9. The molecule has 0 aliphatic rings. The number of hydrogen-bond acceptors (Lipinski definition) is 6. The second-order valence-corrected chi connectivity index (χ2v) is 11.3. The Bertz CT molecular complexity index is 1480. The Morgan fingerprint density at radius 3 is 2.20 bits per heavy atom. The van der Waals surface area contributed by atoms with E-state index in [2.05, 4.69) is 0 Å². The predicted molar refractivity (Wildman–Crippen MR) is 135 cm³/mol. The zero-order valence-electron chi connectivity index (χ0n) is 18.2. The van der Waals surface area contributed by atoms with E-state index in [0.717, 1.165) is 26.8 Å². The second kappa shape index (κ2) is 10.5. The first-order chi connectivity index (χ1) is 16.8. The summed E-state index contributed by atoms with van der Waals surface area (Å²) in [5.74, 6) is -0.994. The van der Waals surface area contributed by atoms with Gasteiger partial charge in [0.15, 0.2) is 0 Å². The minimum Gasteiger partial charge on any atom is -0.755 e. The summed E-state index contributed by atoms with van der Waals surface area (Å²) in [6, 6.07) is 22.9. The van der Waals surface area contributed by atoms with Crippen molar-refractivity contribution in [3.05, 3.63) is 107 Å². The van der Waals surface area contributed by atoms with E-state index in [1.54, 1.807) is 48.5 Å². The Morgan fingerprint density at radius 2 is 1.54 bits per heavy atom. The molecule has 0 bridgehead atoms. The molecule has 0 saturated heterocycles. The highest BCUT2D eigenvalue weighted by atomic mass is 32.2. The third kappa shape index (κ3) is 5.68. The maximum atomic E-state index is 12.9. The molecule has 0 saturated carbocycles. The maximum absolute atomic E-state index is 12.9. The predicted octanol–water partition coefficient (Wildman–Crippen LogP) is 5.00. The molecule has 1 unspecified atom stereocenters. The molecule has 0 amide bonds. The van der Waals surface area contributed by atoms with Gasteiger partial charge in [0, 0.05) is 5.38 Å². The molecule has 1 heterocycles. The molecule has 0 aliphatic heterocycles. The average molecular weight is 527 g/mol. The molecule has 1 aromatic heterocycles. The van der Waals surface area contributed by atoms with E-state index in [4.69, 9.17) is 5.11 Å². The molecule has 35 heavy (non-hydrogen) atoms. The lowest BCUT2D eigenvalue weighted by atomic mass is 10.0. The molecule has 10 heteroatoms. The van der Waals surface area contributed by atoms with Crippen molar-refractivity contribution in [1.29, 1.82) is 0 Å². The van der Waals surface area contributed by atoms with Gasteiger partial charge in [-0.15, -0.1) is 11.3 Å². The number of sulfone groups is 1. The SMILES string of the molecule is O=C(O)c1cccc(CCc2cccc(N(c3cc(S(=O)(=O)c4ccccc4)cs3)S(=O)[O-])c2)c1. The van der Waals surface area contributed by atoms with Crippen LogP contribution in [-0.4, -0.2) is 28.3 Å². The van der Waals surface area contributed by atoms with Crippen LogP contribution in [0.1, 0.15) is 21.5 Å². The fraction of sp³-hybridized carbons (Fsp3) is 0.0800. The Labute approximate surface area is 209 Å². The summed E-state index contributed by atoms with van der Waals surface area (Å²) in [6.07, 6.45) is 1.14. The van der Waals surface area contributed by atoms with Crippen LogP contribution in [0.5, 0.6) is 0 Å². The van der Waals surface area contributed by atoms with Crippen molar-refractivity contribution >= 4 is 49.1 Å². The highest BCUT2D eigenvalue weighted by Gasteiger charge is 2.22. The molecular weight excluding hydrogens is 506 g/mol. The lowest BCUT2D eigenvalue weighted by Gasteiger charge is -2.25. The van der Waals surface area contributed by atoms with E-state index in [0.29, 0.717) is 18.5 Å². The summed E-state index contributed by atoms with van der Waals surface area (Å²) < 4.78 is 51.2. The molecule has 0 aliphatic carbocycles. The lowest BCUT2D eigenvalue weighted by molar-refractivity contribution is 0.0696. The van der Waals surface area contributed by atoms with E-state index in [9.17, 15) is 22.0 Å². The van der Waals surface area contributed by atoms with Crippen molar-refractivity contribution in [3.8, 4) is 0 Å². The monoisotopic (exact) mass is 526 g/mol. The van der Waals surface area contributed by atoms with Crippen LogP contribution in [0.2, 0.25) is 0 Å². The van der Waals surface area contributed by atoms with E-state index in [1.807, 2.05) is 12.1 Å². The van der Waals surface area contributed by atoms with Crippen LogP contribution in [0.15, 0.2) is 100 Å². The third-order valence-corrected chi connectivity index (χ3v) is 8.93. The number of aryl methyl sites for hydroxylation is 2. The first kappa shape index (κ1) is 24.8. The molecule has 180 valence electrons. The zero-order chi connectivity index (χ0) is 25.0. The Hall–Kier alpha value is -3.31. The molecule has 3 aromatic carbocycles. The van der Waals surface area contributed by atoms with E-state index < -0.39 is 27.1 Å². The van der Waals surface area contributed by atoms with Crippen LogP contribution in [0.3, 0.4) is 0 Å². The summed E-state index contributed by atoms with van der Waals surface area (Å²) in [5, 5.41) is 10.8. The smallest absolute Gasteiger partial charge is 0.335 e. The topological polar surface area (TPSA) is 115 Å². The van der Waals surface area contributed by atoms with Gasteiger partial charge in [-0.2, -0.15) is 0 Å². The van der Waals surface area contributed by atoms with Crippen LogP contribution >= 0.6 is 11.3 Å². The first-order valence-corrected chi connectivity index (χ1v) is 13.8. The quantitative estimate of drug-likeness (QED) is 0.307. The summed E-state index contributed by atoms with van der Waals surface area (Å²) in [6.45, 7) is 0. The van der Waals surface area contributed by atoms with E-state index in [-0.39, 0.29) is 20.4 Å². The number of nitrogens with zero attached hydrogens (tertiary/aromatic N) is 1. The van der Waals surface area contributed by atoms with Gasteiger partial charge in [0.25, 0.3) is 0 Å². The molecule has 0 radical (unpaired) electrons. The van der Waals surface area contributed by atoms with Crippen molar-refractivity contribution in [2.45, 2.75) is 22.6 Å². The number of hydrogen-bond donors (Lipinski definition) is 1. The summed E-state index contributed by atoms with van der Waals surface area (Å²) >= 11 is -1.67. The Morgan fingerprint density at radius 1 is 0.886 bits per heavy atom. The number of anilines is 2. The van der Waals surface area contributed by atoms with Crippen molar-refractivity contribution in [2.24, 2.45) is 0 Å². The average Bonchev–Trinajstić information content (AvgIpc) is 3.34. The van der Waals surface area contributed by atoms with Crippen molar-refractivity contribution in [3.63, 3.8) is 0 Å². The van der Waals surface area contributed by atoms with Crippen molar-refractivity contribution < 1.29 is 27.1 Å². The maximum Gasteiger partial charge on any atom is 0.335 e. The van der Waals surface area contributed by atoms with Gasteiger partial charge in [0.1, 0.15) is 5.00 Å². The van der Waals surface area contributed by atoms with Crippen LogP contribution in [-0.2, 0) is 33.9 Å². The fourth-order valence-corrected chi connectivity index (χ4v) is 6.84. The molecule has 1 atom stereocenters. The second-order valence-electron chi connectivity index (χ2n) is 7.62. The third-order valence-electron chi connectivity index (χ3n) is 5.30. The molecular formula is C25H20NO6S3-. The summed E-state index contributed by atoms with van der Waals surface area (Å²) in [7, 11) is -3.78. The molecule has 1 N–H and O–H groups in total. The van der Waals surface area contributed by atoms with Gasteiger partial charge in [0.05, 0.1) is 32.3 Å². The highest BCUT2D eigenvalue weighted by Crippen LogP contribution is 2.36. The molecule has 0 spiro atoms. The van der Waals surface area contributed by atoms with Gasteiger partial charge in [0.2, 0.25) is 9.84 Å². The van der Waals surface area contributed by atoms with Gasteiger partial charge in [-0.05, 0) is 66.4 Å². The molecule has 7 nitrogen and oxygen atoms in total. The lowest BCUT2D eigenvalue weighted by Crippen LogP contribution is -2.18. The number of benzene rings is 3. The summed E-state index contributed by atoms with van der Waals surface area (Å²) in [4.78, 5) is 11.3.